The maximum absolute atomic E-state index is 12.7. The van der Waals surface area contributed by atoms with Crippen molar-refractivity contribution in [3.63, 3.8) is 0 Å². The number of sulfonamides is 1. The lowest BCUT2D eigenvalue weighted by atomic mass is 10.3. The molecule has 0 fully saturated rings. The molecule has 1 aromatic heterocycles. The second kappa shape index (κ2) is 7.77. The molecule has 0 radical (unpaired) electrons. The zero-order valence-electron chi connectivity index (χ0n) is 13.5. The lowest BCUT2D eigenvalue weighted by Crippen LogP contribution is -2.32. The summed E-state index contributed by atoms with van der Waals surface area (Å²) in [4.78, 5) is 0.365. The Hall–Kier alpha value is -1.11. The van der Waals surface area contributed by atoms with Crippen LogP contribution in [0.2, 0.25) is 0 Å². The highest BCUT2D eigenvalue weighted by Gasteiger charge is 2.25. The van der Waals surface area contributed by atoms with E-state index in [1.807, 2.05) is 25.5 Å². The summed E-state index contributed by atoms with van der Waals surface area (Å²) >= 11 is 0. The number of nitrogens with zero attached hydrogens (tertiary/aromatic N) is 2. The van der Waals surface area contributed by atoms with Gasteiger partial charge in [-0.05, 0) is 26.5 Å². The zero-order valence-corrected chi connectivity index (χ0v) is 14.3. The fourth-order valence-corrected chi connectivity index (χ4v) is 3.84. The summed E-state index contributed by atoms with van der Waals surface area (Å²) in [5.74, 6) is 0. The highest BCUT2D eigenvalue weighted by Crippen LogP contribution is 2.20. The Kier molecular flexibility index (Phi) is 6.64. The summed E-state index contributed by atoms with van der Waals surface area (Å²) in [5.41, 5.74) is 1.83. The van der Waals surface area contributed by atoms with Crippen molar-refractivity contribution in [1.29, 1.82) is 0 Å². The molecule has 0 aliphatic heterocycles. The standard InChI is InChI=1S/C15H27N3O2S/c1-6-8-17-12-15(9-14(17)10-16-5)21(19,20)18(7-2)11-13(3)4/h9,12,16H,3,6-8,10-11H2,1-2,4-5H3. The van der Waals surface area contributed by atoms with Crippen LogP contribution in [0.4, 0.5) is 0 Å². The lowest BCUT2D eigenvalue weighted by molar-refractivity contribution is 0.452. The van der Waals surface area contributed by atoms with Crippen molar-refractivity contribution in [1.82, 2.24) is 14.2 Å². The molecule has 1 aromatic rings. The summed E-state index contributed by atoms with van der Waals surface area (Å²) in [7, 11) is -1.60. The molecule has 0 aromatic carbocycles. The second-order valence-corrected chi connectivity index (χ2v) is 7.22. The minimum absolute atomic E-state index is 0.360. The smallest absolute Gasteiger partial charge is 0.244 e. The van der Waals surface area contributed by atoms with E-state index in [1.54, 1.807) is 12.3 Å². The third-order valence-electron chi connectivity index (χ3n) is 3.22. The Morgan fingerprint density at radius 1 is 1.43 bits per heavy atom. The molecule has 0 saturated carbocycles. The van der Waals surface area contributed by atoms with Crippen molar-refractivity contribution in [2.45, 2.75) is 45.2 Å². The van der Waals surface area contributed by atoms with Gasteiger partial charge in [0.25, 0.3) is 0 Å². The molecule has 21 heavy (non-hydrogen) atoms. The van der Waals surface area contributed by atoms with E-state index in [2.05, 4.69) is 18.8 Å². The molecule has 0 amide bonds. The van der Waals surface area contributed by atoms with Crippen LogP contribution >= 0.6 is 0 Å². The van der Waals surface area contributed by atoms with E-state index in [0.29, 0.717) is 24.5 Å². The zero-order chi connectivity index (χ0) is 16.0. The van der Waals surface area contributed by atoms with Gasteiger partial charge in [0.2, 0.25) is 10.0 Å². The number of hydrogen-bond acceptors (Lipinski definition) is 3. The van der Waals surface area contributed by atoms with E-state index >= 15 is 0 Å². The van der Waals surface area contributed by atoms with E-state index in [0.717, 1.165) is 24.2 Å². The molecule has 0 aliphatic rings. The van der Waals surface area contributed by atoms with Gasteiger partial charge in [-0.1, -0.05) is 26.0 Å². The fourth-order valence-electron chi connectivity index (χ4n) is 2.26. The van der Waals surface area contributed by atoms with Crippen molar-refractivity contribution in [2.24, 2.45) is 0 Å². The highest BCUT2D eigenvalue weighted by atomic mass is 32.2. The number of nitrogens with one attached hydrogen (secondary N) is 1. The number of hydrogen-bond donors (Lipinski definition) is 1. The molecule has 0 spiro atoms. The van der Waals surface area contributed by atoms with Crippen LogP contribution in [0.3, 0.4) is 0 Å². The number of aryl methyl sites for hydroxylation is 1. The van der Waals surface area contributed by atoms with Gasteiger partial charge in [-0.15, -0.1) is 0 Å². The number of rotatable bonds is 9. The molecule has 0 aliphatic carbocycles. The molecule has 120 valence electrons. The Bertz CT molecular complexity index is 552. The first kappa shape index (κ1) is 17.9. The van der Waals surface area contributed by atoms with Crippen molar-refractivity contribution >= 4 is 10.0 Å². The van der Waals surface area contributed by atoms with E-state index < -0.39 is 10.0 Å². The third kappa shape index (κ3) is 4.43. The lowest BCUT2D eigenvalue weighted by Gasteiger charge is -2.19. The van der Waals surface area contributed by atoms with Crippen LogP contribution in [0, 0.1) is 0 Å². The van der Waals surface area contributed by atoms with Crippen molar-refractivity contribution in [3.05, 3.63) is 30.1 Å². The summed E-state index contributed by atoms with van der Waals surface area (Å²) in [5, 5.41) is 3.08. The molecule has 1 N–H and O–H groups in total. The van der Waals surface area contributed by atoms with E-state index in [1.165, 1.54) is 4.31 Å². The van der Waals surface area contributed by atoms with Gasteiger partial charge in [-0.2, -0.15) is 4.31 Å². The van der Waals surface area contributed by atoms with Crippen LogP contribution < -0.4 is 5.32 Å². The van der Waals surface area contributed by atoms with Gasteiger partial charge in [-0.25, -0.2) is 8.42 Å². The highest BCUT2D eigenvalue weighted by molar-refractivity contribution is 7.89. The van der Waals surface area contributed by atoms with Crippen LogP contribution in [0.15, 0.2) is 29.3 Å². The van der Waals surface area contributed by atoms with Crippen LogP contribution in [0.5, 0.6) is 0 Å². The summed E-state index contributed by atoms with van der Waals surface area (Å²) in [6.45, 7) is 11.8. The normalized spacial score (nSPS) is 12.0. The first-order valence-corrected chi connectivity index (χ1v) is 8.79. The second-order valence-electron chi connectivity index (χ2n) is 5.28. The van der Waals surface area contributed by atoms with Gasteiger partial charge in [-0.3, -0.25) is 0 Å². The van der Waals surface area contributed by atoms with Gasteiger partial charge >= 0.3 is 0 Å². The Labute approximate surface area is 128 Å². The molecule has 5 nitrogen and oxygen atoms in total. The van der Waals surface area contributed by atoms with Crippen molar-refractivity contribution in [3.8, 4) is 0 Å². The SMILES string of the molecule is C=C(C)CN(CC)S(=O)(=O)c1cc(CNC)n(CCC)c1. The van der Waals surface area contributed by atoms with Crippen LogP contribution in [-0.2, 0) is 23.1 Å². The number of likely N-dealkylation sites (N-methyl/N-ethyl adjacent to an activating group) is 1. The van der Waals surface area contributed by atoms with Gasteiger partial charge in [0.05, 0.1) is 0 Å². The Morgan fingerprint density at radius 3 is 2.57 bits per heavy atom. The molecule has 1 heterocycles. The molecule has 0 bridgehead atoms. The minimum Gasteiger partial charge on any atom is -0.349 e. The average molecular weight is 313 g/mol. The van der Waals surface area contributed by atoms with Crippen LogP contribution in [0.1, 0.15) is 32.9 Å². The largest absolute Gasteiger partial charge is 0.349 e. The molecule has 1 rings (SSSR count). The Morgan fingerprint density at radius 2 is 2.10 bits per heavy atom. The van der Waals surface area contributed by atoms with E-state index in [-0.39, 0.29) is 0 Å². The predicted molar refractivity (Wildman–Crippen MR) is 86.7 cm³/mol. The van der Waals surface area contributed by atoms with Crippen molar-refractivity contribution in [2.75, 3.05) is 20.1 Å². The number of aromatic nitrogens is 1. The summed E-state index contributed by atoms with van der Waals surface area (Å²) < 4.78 is 28.9. The van der Waals surface area contributed by atoms with Gasteiger partial charge < -0.3 is 9.88 Å². The maximum Gasteiger partial charge on any atom is 0.244 e. The van der Waals surface area contributed by atoms with E-state index in [4.69, 9.17) is 0 Å². The first-order valence-electron chi connectivity index (χ1n) is 7.34. The monoisotopic (exact) mass is 313 g/mol. The molecule has 6 heteroatoms. The fraction of sp³-hybridized carbons (Fsp3) is 0.600. The molecular formula is C15H27N3O2S. The first-order chi connectivity index (χ1) is 9.86. The minimum atomic E-state index is -3.46. The van der Waals surface area contributed by atoms with E-state index in [9.17, 15) is 8.42 Å². The van der Waals surface area contributed by atoms with Crippen LogP contribution in [-0.4, -0.2) is 37.4 Å². The molecule has 0 saturated heterocycles. The van der Waals surface area contributed by atoms with Gasteiger partial charge in [0.1, 0.15) is 4.90 Å². The maximum atomic E-state index is 12.7. The van der Waals surface area contributed by atoms with Gasteiger partial charge in [0, 0.05) is 38.1 Å². The predicted octanol–water partition coefficient (Wildman–Crippen LogP) is 2.20. The third-order valence-corrected chi connectivity index (χ3v) is 5.11. The summed E-state index contributed by atoms with van der Waals surface area (Å²) in [6, 6.07) is 1.77. The average Bonchev–Trinajstić information content (AvgIpc) is 2.80. The summed E-state index contributed by atoms with van der Waals surface area (Å²) in [6.07, 6.45) is 2.71. The topological polar surface area (TPSA) is 54.3 Å². The molecule has 0 unspecified atom stereocenters. The quantitative estimate of drug-likeness (QED) is 0.711. The Balaban J connectivity index is 3.17. The van der Waals surface area contributed by atoms with Crippen LogP contribution in [0.25, 0.3) is 0 Å². The van der Waals surface area contributed by atoms with Crippen molar-refractivity contribution < 1.29 is 8.42 Å². The molecular weight excluding hydrogens is 286 g/mol. The van der Waals surface area contributed by atoms with Gasteiger partial charge in [0.15, 0.2) is 0 Å². The molecule has 0 atom stereocenters.